The number of nitrogens with zero attached hydrogens (tertiary/aromatic N) is 4. The first-order chi connectivity index (χ1) is 13.5. The highest BCUT2D eigenvalue weighted by atomic mass is 32.2. The van der Waals surface area contributed by atoms with Crippen molar-refractivity contribution in [2.24, 2.45) is 5.73 Å². The number of amides is 2. The molecule has 1 aliphatic heterocycles. The molecule has 2 amide bonds. The molecule has 3 rings (SSSR count). The van der Waals surface area contributed by atoms with Gasteiger partial charge in [-0.2, -0.15) is 0 Å². The number of methoxy groups -OCH3 is 1. The number of primary amides is 1. The number of piperazine rings is 1. The third kappa shape index (κ3) is 5.59. The molecule has 1 aromatic carbocycles. The zero-order valence-electron chi connectivity index (χ0n) is 15.7. The monoisotopic (exact) mass is 421 g/mol. The lowest BCUT2D eigenvalue weighted by Crippen LogP contribution is -2.48. The zero-order chi connectivity index (χ0) is 19.9. The minimum absolute atomic E-state index is 0.172. The predicted molar refractivity (Wildman–Crippen MR) is 110 cm³/mol. The van der Waals surface area contributed by atoms with Gasteiger partial charge in [0.05, 0.1) is 12.9 Å². The Balaban J connectivity index is 1.44. The molecular formula is C18H23N5O3S2. The van der Waals surface area contributed by atoms with Gasteiger partial charge in [0.25, 0.3) is 0 Å². The fraction of sp³-hybridized carbons (Fsp3) is 0.444. The van der Waals surface area contributed by atoms with Crippen molar-refractivity contribution >= 4 is 40.0 Å². The highest BCUT2D eigenvalue weighted by Crippen LogP contribution is 2.28. The van der Waals surface area contributed by atoms with Crippen LogP contribution >= 0.6 is 23.1 Å². The molecule has 0 bridgehead atoms. The number of carbonyl (C=O) groups excluding carboxylic acids is 2. The van der Waals surface area contributed by atoms with Crippen LogP contribution in [0.2, 0.25) is 0 Å². The number of anilines is 1. The fourth-order valence-corrected chi connectivity index (χ4v) is 4.50. The summed E-state index contributed by atoms with van der Waals surface area (Å²) in [7, 11) is 1.64. The summed E-state index contributed by atoms with van der Waals surface area (Å²) in [6, 6.07) is 7.81. The van der Waals surface area contributed by atoms with E-state index >= 15 is 0 Å². The molecule has 0 radical (unpaired) electrons. The van der Waals surface area contributed by atoms with E-state index in [-0.39, 0.29) is 17.6 Å². The molecular weight excluding hydrogens is 398 g/mol. The van der Waals surface area contributed by atoms with Crippen LogP contribution in [0.15, 0.2) is 28.6 Å². The summed E-state index contributed by atoms with van der Waals surface area (Å²) in [5.41, 5.74) is 6.28. The lowest BCUT2D eigenvalue weighted by Gasteiger charge is -2.34. The summed E-state index contributed by atoms with van der Waals surface area (Å²) in [5.74, 6) is 0.818. The van der Waals surface area contributed by atoms with Crippen molar-refractivity contribution in [2.45, 2.75) is 17.2 Å². The van der Waals surface area contributed by atoms with Crippen LogP contribution in [0.4, 0.5) is 5.13 Å². The van der Waals surface area contributed by atoms with Crippen molar-refractivity contribution in [2.75, 3.05) is 43.9 Å². The lowest BCUT2D eigenvalue weighted by atomic mass is 10.1. The van der Waals surface area contributed by atoms with Gasteiger partial charge in [-0.05, 0) is 24.1 Å². The van der Waals surface area contributed by atoms with Gasteiger partial charge < -0.3 is 20.3 Å². The molecule has 1 fully saturated rings. The maximum atomic E-state index is 12.5. The summed E-state index contributed by atoms with van der Waals surface area (Å²) in [5, 5.41) is 9.09. The Morgan fingerprint density at radius 1 is 1.18 bits per heavy atom. The molecule has 2 heterocycles. The largest absolute Gasteiger partial charge is 0.497 e. The normalized spacial score (nSPS) is 14.2. The van der Waals surface area contributed by atoms with Gasteiger partial charge in [-0.3, -0.25) is 9.59 Å². The average molecular weight is 422 g/mol. The maximum Gasteiger partial charge on any atom is 0.227 e. The van der Waals surface area contributed by atoms with Crippen LogP contribution in [0.3, 0.4) is 0 Å². The third-order valence-corrected chi connectivity index (χ3v) is 6.56. The Morgan fingerprint density at radius 3 is 2.54 bits per heavy atom. The van der Waals surface area contributed by atoms with Crippen molar-refractivity contribution < 1.29 is 14.3 Å². The highest BCUT2D eigenvalue weighted by molar-refractivity contribution is 8.01. The van der Waals surface area contributed by atoms with Crippen LogP contribution in [0, 0.1) is 0 Å². The second-order valence-corrected chi connectivity index (χ2v) is 8.50. The van der Waals surface area contributed by atoms with Crippen LogP contribution in [-0.4, -0.2) is 66.0 Å². The molecule has 0 spiro atoms. The van der Waals surface area contributed by atoms with E-state index in [4.69, 9.17) is 10.5 Å². The molecule has 150 valence electrons. The molecule has 0 unspecified atom stereocenters. The molecule has 2 N–H and O–H groups in total. The number of hydrogen-bond acceptors (Lipinski definition) is 8. The molecule has 0 aliphatic carbocycles. The van der Waals surface area contributed by atoms with Gasteiger partial charge in [0.15, 0.2) is 4.34 Å². The first-order valence-corrected chi connectivity index (χ1v) is 10.8. The van der Waals surface area contributed by atoms with Crippen LogP contribution < -0.4 is 15.4 Å². The van der Waals surface area contributed by atoms with E-state index in [1.807, 2.05) is 29.2 Å². The van der Waals surface area contributed by atoms with E-state index in [0.717, 1.165) is 40.3 Å². The van der Waals surface area contributed by atoms with Gasteiger partial charge in [0, 0.05) is 32.6 Å². The Labute approximate surface area is 172 Å². The quantitative estimate of drug-likeness (QED) is 0.643. The third-order valence-electron chi connectivity index (χ3n) is 4.42. The summed E-state index contributed by atoms with van der Waals surface area (Å²) in [4.78, 5) is 27.4. The second kappa shape index (κ2) is 9.74. The average Bonchev–Trinajstić information content (AvgIpc) is 3.20. The molecule has 2 aromatic rings. The standard InChI is InChI=1S/C18H23N5O3S2/c1-26-14-5-2-13(3-6-14)4-7-16(25)22-8-10-23(11-9-22)17-20-21-18(28-17)27-12-15(19)24/h2-3,5-6H,4,7-12H2,1H3,(H2,19,24). The Bertz CT molecular complexity index is 804. The Kier molecular flexibility index (Phi) is 7.10. The number of rotatable bonds is 8. The zero-order valence-corrected chi connectivity index (χ0v) is 17.3. The van der Waals surface area contributed by atoms with Crippen molar-refractivity contribution in [1.29, 1.82) is 0 Å². The molecule has 28 heavy (non-hydrogen) atoms. The van der Waals surface area contributed by atoms with Crippen molar-refractivity contribution in [1.82, 2.24) is 15.1 Å². The van der Waals surface area contributed by atoms with Gasteiger partial charge in [0.1, 0.15) is 5.75 Å². The smallest absolute Gasteiger partial charge is 0.227 e. The van der Waals surface area contributed by atoms with E-state index in [1.54, 1.807) is 7.11 Å². The minimum Gasteiger partial charge on any atom is -0.497 e. The first kappa shape index (κ1) is 20.4. The number of nitrogens with two attached hydrogens (primary N) is 1. The molecule has 1 aromatic heterocycles. The van der Waals surface area contributed by atoms with Crippen molar-refractivity contribution in [3.63, 3.8) is 0 Å². The van der Waals surface area contributed by atoms with Gasteiger partial charge in [-0.25, -0.2) is 0 Å². The van der Waals surface area contributed by atoms with Crippen molar-refractivity contribution in [3.05, 3.63) is 29.8 Å². The predicted octanol–water partition coefficient (Wildman–Crippen LogP) is 1.41. The van der Waals surface area contributed by atoms with Gasteiger partial charge in [0.2, 0.25) is 16.9 Å². The van der Waals surface area contributed by atoms with Crippen LogP contribution in [0.1, 0.15) is 12.0 Å². The number of benzene rings is 1. The molecule has 10 heteroatoms. The summed E-state index contributed by atoms with van der Waals surface area (Å²) in [6.45, 7) is 2.79. The number of aromatic nitrogens is 2. The fourth-order valence-electron chi connectivity index (χ4n) is 2.87. The Morgan fingerprint density at radius 2 is 1.89 bits per heavy atom. The van der Waals surface area contributed by atoms with Gasteiger partial charge in [-0.15, -0.1) is 10.2 Å². The first-order valence-electron chi connectivity index (χ1n) is 8.95. The molecule has 1 saturated heterocycles. The van der Waals surface area contributed by atoms with E-state index in [2.05, 4.69) is 15.1 Å². The number of carbonyl (C=O) groups is 2. The summed E-state index contributed by atoms with van der Waals surface area (Å²) < 4.78 is 5.88. The number of thioether (sulfide) groups is 1. The van der Waals surface area contributed by atoms with E-state index in [9.17, 15) is 9.59 Å². The minimum atomic E-state index is -0.372. The molecule has 8 nitrogen and oxygen atoms in total. The molecule has 0 atom stereocenters. The maximum absolute atomic E-state index is 12.5. The molecule has 0 saturated carbocycles. The van der Waals surface area contributed by atoms with E-state index in [1.165, 1.54) is 23.1 Å². The molecule has 1 aliphatic rings. The van der Waals surface area contributed by atoms with Gasteiger partial charge >= 0.3 is 0 Å². The van der Waals surface area contributed by atoms with E-state index in [0.29, 0.717) is 19.5 Å². The van der Waals surface area contributed by atoms with Crippen LogP contribution in [0.5, 0.6) is 5.75 Å². The lowest BCUT2D eigenvalue weighted by molar-refractivity contribution is -0.131. The van der Waals surface area contributed by atoms with Crippen LogP contribution in [0.25, 0.3) is 0 Å². The topological polar surface area (TPSA) is 102 Å². The van der Waals surface area contributed by atoms with Crippen LogP contribution in [-0.2, 0) is 16.0 Å². The van der Waals surface area contributed by atoms with Gasteiger partial charge in [-0.1, -0.05) is 35.2 Å². The van der Waals surface area contributed by atoms with E-state index < -0.39 is 0 Å². The summed E-state index contributed by atoms with van der Waals surface area (Å²) in [6.07, 6.45) is 1.22. The SMILES string of the molecule is COc1ccc(CCC(=O)N2CCN(c3nnc(SCC(N)=O)s3)CC2)cc1. The second-order valence-electron chi connectivity index (χ2n) is 6.32. The number of aryl methyl sites for hydroxylation is 1. The summed E-state index contributed by atoms with van der Waals surface area (Å²) >= 11 is 2.74. The number of ether oxygens (including phenoxy) is 1. The highest BCUT2D eigenvalue weighted by Gasteiger charge is 2.23. The number of hydrogen-bond donors (Lipinski definition) is 1. The van der Waals surface area contributed by atoms with Crippen molar-refractivity contribution in [3.8, 4) is 5.75 Å². The Hall–Kier alpha value is -2.33.